The predicted octanol–water partition coefficient (Wildman–Crippen LogP) is 2.32. The van der Waals surface area contributed by atoms with E-state index in [2.05, 4.69) is 0 Å². The van der Waals surface area contributed by atoms with E-state index in [4.69, 9.17) is 9.47 Å². The minimum absolute atomic E-state index is 0.659. The van der Waals surface area contributed by atoms with E-state index >= 15 is 0 Å². The molecule has 0 unspecified atom stereocenters. The van der Waals surface area contributed by atoms with E-state index in [0.717, 1.165) is 28.5 Å². The Morgan fingerprint density at radius 1 is 1.24 bits per heavy atom. The molecule has 0 bridgehead atoms. The number of carbonyl (C=O) groups is 1. The van der Waals surface area contributed by atoms with Crippen LogP contribution in [-0.4, -0.2) is 25.1 Å². The summed E-state index contributed by atoms with van der Waals surface area (Å²) in [5.74, 6) is 1.44. The molecular weight excluding hydrogens is 218 g/mol. The number of fused-ring (bicyclic) bond motifs is 1. The summed E-state index contributed by atoms with van der Waals surface area (Å²) in [5.41, 5.74) is 2.52. The molecule has 2 rings (SSSR count). The zero-order chi connectivity index (χ0) is 12.6. The second kappa shape index (κ2) is 4.13. The molecular formula is C13H15NO3. The molecule has 90 valence electrons. The Bertz CT molecular complexity index is 584. The first kappa shape index (κ1) is 11.5. The highest BCUT2D eigenvalue weighted by molar-refractivity contribution is 5.97. The van der Waals surface area contributed by atoms with E-state index in [-0.39, 0.29) is 0 Å². The van der Waals surface area contributed by atoms with E-state index in [1.165, 1.54) is 0 Å². The van der Waals surface area contributed by atoms with Gasteiger partial charge in [-0.25, -0.2) is 0 Å². The van der Waals surface area contributed by atoms with Crippen molar-refractivity contribution in [2.75, 3.05) is 14.2 Å². The third-order valence-electron chi connectivity index (χ3n) is 3.10. The number of benzene rings is 1. The van der Waals surface area contributed by atoms with Crippen LogP contribution < -0.4 is 9.47 Å². The summed E-state index contributed by atoms with van der Waals surface area (Å²) >= 11 is 0. The number of nitrogens with zero attached hydrogens (tertiary/aromatic N) is 1. The Balaban J connectivity index is 2.92. The van der Waals surface area contributed by atoms with Gasteiger partial charge in [0.05, 0.1) is 25.4 Å². The van der Waals surface area contributed by atoms with Gasteiger partial charge in [0.1, 0.15) is 11.5 Å². The van der Waals surface area contributed by atoms with Crippen molar-refractivity contribution in [3.8, 4) is 11.5 Å². The molecule has 1 aromatic heterocycles. The number of hydrogen-bond donors (Lipinski definition) is 0. The fourth-order valence-corrected chi connectivity index (χ4v) is 2.17. The van der Waals surface area contributed by atoms with Gasteiger partial charge in [0.15, 0.2) is 6.29 Å². The molecule has 1 aromatic carbocycles. The van der Waals surface area contributed by atoms with Crippen molar-refractivity contribution in [2.24, 2.45) is 7.05 Å². The number of ether oxygens (including phenoxy) is 2. The van der Waals surface area contributed by atoms with Crippen molar-refractivity contribution in [3.05, 3.63) is 23.4 Å². The van der Waals surface area contributed by atoms with Gasteiger partial charge in [0, 0.05) is 24.6 Å². The third kappa shape index (κ3) is 1.56. The van der Waals surface area contributed by atoms with Crippen LogP contribution in [0.3, 0.4) is 0 Å². The molecule has 0 atom stereocenters. The smallest absolute Gasteiger partial charge is 0.166 e. The number of aromatic nitrogens is 1. The van der Waals surface area contributed by atoms with E-state index in [0.29, 0.717) is 11.4 Å². The fourth-order valence-electron chi connectivity index (χ4n) is 2.17. The predicted molar refractivity (Wildman–Crippen MR) is 66.1 cm³/mol. The number of rotatable bonds is 3. The minimum atomic E-state index is 0.659. The summed E-state index contributed by atoms with van der Waals surface area (Å²) in [7, 11) is 5.08. The van der Waals surface area contributed by atoms with Crippen molar-refractivity contribution in [3.63, 3.8) is 0 Å². The van der Waals surface area contributed by atoms with Gasteiger partial charge >= 0.3 is 0 Å². The Kier molecular flexibility index (Phi) is 2.79. The van der Waals surface area contributed by atoms with Gasteiger partial charge in [-0.1, -0.05) is 0 Å². The number of methoxy groups -OCH3 is 2. The summed E-state index contributed by atoms with van der Waals surface area (Å²) in [6, 6.07) is 3.72. The molecule has 17 heavy (non-hydrogen) atoms. The summed E-state index contributed by atoms with van der Waals surface area (Å²) in [4.78, 5) is 11.1. The van der Waals surface area contributed by atoms with Crippen LogP contribution in [0.4, 0.5) is 0 Å². The van der Waals surface area contributed by atoms with Crippen LogP contribution in [-0.2, 0) is 7.05 Å². The van der Waals surface area contributed by atoms with Crippen molar-refractivity contribution in [2.45, 2.75) is 6.92 Å². The van der Waals surface area contributed by atoms with Crippen LogP contribution in [0, 0.1) is 6.92 Å². The lowest BCUT2D eigenvalue weighted by Crippen LogP contribution is -1.95. The maximum Gasteiger partial charge on any atom is 0.166 e. The monoisotopic (exact) mass is 233 g/mol. The Labute approximate surface area is 99.7 Å². The normalized spacial score (nSPS) is 10.6. The molecule has 0 N–H and O–H groups in total. The molecule has 0 aliphatic heterocycles. The third-order valence-corrected chi connectivity index (χ3v) is 3.10. The van der Waals surface area contributed by atoms with Gasteiger partial charge < -0.3 is 14.0 Å². The minimum Gasteiger partial charge on any atom is -0.497 e. The molecule has 4 heteroatoms. The molecule has 0 aliphatic rings. The zero-order valence-corrected chi connectivity index (χ0v) is 10.4. The van der Waals surface area contributed by atoms with Gasteiger partial charge in [0.25, 0.3) is 0 Å². The first-order valence-corrected chi connectivity index (χ1v) is 5.30. The average molecular weight is 233 g/mol. The maximum atomic E-state index is 11.1. The first-order chi connectivity index (χ1) is 8.13. The molecule has 4 nitrogen and oxygen atoms in total. The van der Waals surface area contributed by atoms with Gasteiger partial charge in [0.2, 0.25) is 0 Å². The molecule has 0 saturated carbocycles. The quantitative estimate of drug-likeness (QED) is 0.764. The molecule has 0 saturated heterocycles. The van der Waals surface area contributed by atoms with Gasteiger partial charge in [-0.15, -0.1) is 0 Å². The summed E-state index contributed by atoms with van der Waals surface area (Å²) in [6.07, 6.45) is 0.862. The van der Waals surface area contributed by atoms with E-state index < -0.39 is 0 Å². The topological polar surface area (TPSA) is 40.5 Å². The Hall–Kier alpha value is -1.97. The average Bonchev–Trinajstić information content (AvgIpc) is 2.60. The summed E-state index contributed by atoms with van der Waals surface area (Å²) in [5, 5.41) is 0.956. The molecule has 0 radical (unpaired) electrons. The van der Waals surface area contributed by atoms with Crippen molar-refractivity contribution < 1.29 is 14.3 Å². The van der Waals surface area contributed by atoms with E-state index in [1.807, 2.05) is 30.7 Å². The number of aldehydes is 1. The lowest BCUT2D eigenvalue weighted by molar-refractivity contribution is 0.111. The van der Waals surface area contributed by atoms with Crippen molar-refractivity contribution in [1.29, 1.82) is 0 Å². The second-order valence-corrected chi connectivity index (χ2v) is 3.91. The highest BCUT2D eigenvalue weighted by Crippen LogP contribution is 2.35. The van der Waals surface area contributed by atoms with Gasteiger partial charge in [-0.2, -0.15) is 0 Å². The van der Waals surface area contributed by atoms with Crippen molar-refractivity contribution in [1.82, 2.24) is 4.57 Å². The molecule has 0 spiro atoms. The van der Waals surface area contributed by atoms with Crippen LogP contribution in [0.2, 0.25) is 0 Å². The first-order valence-electron chi connectivity index (χ1n) is 5.30. The number of carbonyl (C=O) groups excluding carboxylic acids is 1. The van der Waals surface area contributed by atoms with E-state index in [1.54, 1.807) is 14.2 Å². The van der Waals surface area contributed by atoms with Crippen LogP contribution >= 0.6 is 0 Å². The highest BCUT2D eigenvalue weighted by Gasteiger charge is 2.16. The SMILES string of the molecule is COc1cc(OC)c2c(C)c(C=O)n(C)c2c1. The Morgan fingerprint density at radius 2 is 1.94 bits per heavy atom. The lowest BCUT2D eigenvalue weighted by Gasteiger charge is -2.07. The standard InChI is InChI=1S/C13H15NO3/c1-8-11(7-15)14(2)10-5-9(16-3)6-12(17-4)13(8)10/h5-7H,1-4H3. The van der Waals surface area contributed by atoms with Gasteiger partial charge in [-0.05, 0) is 12.5 Å². The van der Waals surface area contributed by atoms with Gasteiger partial charge in [-0.3, -0.25) is 4.79 Å². The zero-order valence-electron chi connectivity index (χ0n) is 10.4. The summed E-state index contributed by atoms with van der Waals surface area (Å²) < 4.78 is 12.4. The number of hydrogen-bond acceptors (Lipinski definition) is 3. The largest absolute Gasteiger partial charge is 0.497 e. The molecule has 2 aromatic rings. The molecule has 1 heterocycles. The second-order valence-electron chi connectivity index (χ2n) is 3.91. The van der Waals surface area contributed by atoms with Crippen LogP contribution in [0.15, 0.2) is 12.1 Å². The lowest BCUT2D eigenvalue weighted by atomic mass is 10.1. The molecule has 0 aliphatic carbocycles. The van der Waals surface area contributed by atoms with Crippen LogP contribution in [0.5, 0.6) is 11.5 Å². The van der Waals surface area contributed by atoms with Crippen LogP contribution in [0.25, 0.3) is 10.9 Å². The Morgan fingerprint density at radius 3 is 2.47 bits per heavy atom. The van der Waals surface area contributed by atoms with E-state index in [9.17, 15) is 4.79 Å². The maximum absolute atomic E-state index is 11.1. The molecule has 0 amide bonds. The molecule has 0 fully saturated rings. The highest BCUT2D eigenvalue weighted by atomic mass is 16.5. The summed E-state index contributed by atoms with van der Waals surface area (Å²) in [6.45, 7) is 1.92. The number of aryl methyl sites for hydroxylation is 2. The van der Waals surface area contributed by atoms with Crippen molar-refractivity contribution >= 4 is 17.2 Å². The fraction of sp³-hybridized carbons (Fsp3) is 0.308. The van der Waals surface area contributed by atoms with Crippen LogP contribution in [0.1, 0.15) is 16.1 Å².